The van der Waals surface area contributed by atoms with Crippen LogP contribution >= 0.6 is 0 Å². The van der Waals surface area contributed by atoms with Crippen LogP contribution in [0.2, 0.25) is 0 Å². The summed E-state index contributed by atoms with van der Waals surface area (Å²) in [5.74, 6) is 1.43. The van der Waals surface area contributed by atoms with Gasteiger partial charge in [0.1, 0.15) is 12.2 Å². The maximum Gasteiger partial charge on any atom is 0.161 e. The Morgan fingerprint density at radius 3 is 2.43 bits per heavy atom. The molecule has 0 fully saturated rings. The molecule has 0 amide bonds. The van der Waals surface area contributed by atoms with Crippen molar-refractivity contribution in [3.8, 4) is 11.4 Å². The summed E-state index contributed by atoms with van der Waals surface area (Å²) in [6.45, 7) is 5.24. The first-order valence-electron chi connectivity index (χ1n) is 7.78. The second-order valence-electron chi connectivity index (χ2n) is 5.08. The van der Waals surface area contributed by atoms with E-state index in [4.69, 9.17) is 9.47 Å². The molecule has 6 heteroatoms. The van der Waals surface area contributed by atoms with E-state index in [0.29, 0.717) is 19.0 Å². The van der Waals surface area contributed by atoms with Crippen LogP contribution in [0.15, 0.2) is 42.8 Å². The first kappa shape index (κ1) is 15.6. The Kier molecular flexibility index (Phi) is 4.95. The average Bonchev–Trinajstić information content (AvgIpc) is 3.08. The van der Waals surface area contributed by atoms with Crippen molar-refractivity contribution in [3.05, 3.63) is 48.6 Å². The van der Waals surface area contributed by atoms with Gasteiger partial charge in [-0.25, -0.2) is 0 Å². The highest BCUT2D eigenvalue weighted by Crippen LogP contribution is 2.24. The van der Waals surface area contributed by atoms with Gasteiger partial charge in [0.05, 0.1) is 0 Å². The van der Waals surface area contributed by atoms with Gasteiger partial charge < -0.3 is 14.5 Å². The van der Waals surface area contributed by atoms with Crippen molar-refractivity contribution in [2.45, 2.75) is 26.1 Å². The topological polar surface area (TPSA) is 72.9 Å². The Morgan fingerprint density at radius 1 is 1.00 bits per heavy atom. The van der Waals surface area contributed by atoms with Crippen molar-refractivity contribution in [2.75, 3.05) is 13.2 Å². The third-order valence-corrected chi connectivity index (χ3v) is 3.57. The zero-order chi connectivity index (χ0) is 16.1. The molecule has 0 aliphatic heterocycles. The van der Waals surface area contributed by atoms with Crippen LogP contribution in [-0.2, 0) is 9.47 Å². The lowest BCUT2D eigenvalue weighted by molar-refractivity contribution is -0.0216. The zero-order valence-corrected chi connectivity index (χ0v) is 13.3. The molecule has 2 aromatic rings. The van der Waals surface area contributed by atoms with Gasteiger partial charge in [-0.15, -0.1) is 10.2 Å². The van der Waals surface area contributed by atoms with E-state index >= 15 is 0 Å². The number of pyridine rings is 1. The number of allylic oxidation sites excluding steroid dienone is 2. The Morgan fingerprint density at radius 2 is 1.70 bits per heavy atom. The molecule has 6 nitrogen and oxygen atoms in total. The molecular weight excluding hydrogens is 292 g/mol. The van der Waals surface area contributed by atoms with Crippen molar-refractivity contribution in [2.24, 2.45) is 0 Å². The molecule has 0 bridgehead atoms. The number of nitrogens with one attached hydrogen (secondary N) is 1. The number of aromatic nitrogens is 4. The lowest BCUT2D eigenvalue weighted by Gasteiger charge is -2.25. The van der Waals surface area contributed by atoms with Crippen LogP contribution in [0.25, 0.3) is 17.0 Å². The number of nitrogens with zero attached hydrogens (tertiary/aromatic N) is 3. The van der Waals surface area contributed by atoms with Gasteiger partial charge in [-0.1, -0.05) is 12.2 Å². The first-order valence-corrected chi connectivity index (χ1v) is 7.78. The minimum Gasteiger partial charge on any atom is -0.371 e. The number of hydrogen-bond acceptors (Lipinski definition) is 5. The minimum atomic E-state index is -0.116. The number of rotatable bonds is 6. The summed E-state index contributed by atoms with van der Waals surface area (Å²) in [6.07, 6.45) is 9.31. The quantitative estimate of drug-likeness (QED) is 0.887. The average molecular weight is 312 g/mol. The Bertz CT molecular complexity index is 694. The molecule has 0 saturated heterocycles. The first-order chi connectivity index (χ1) is 11.3. The number of ether oxygens (including phenoxy) is 2. The van der Waals surface area contributed by atoms with Crippen LogP contribution < -0.4 is 0 Å². The molecule has 2 aromatic heterocycles. The van der Waals surface area contributed by atoms with Gasteiger partial charge in [-0.2, -0.15) is 0 Å². The summed E-state index contributed by atoms with van der Waals surface area (Å²) >= 11 is 0. The third kappa shape index (κ3) is 3.55. The third-order valence-electron chi connectivity index (χ3n) is 3.57. The molecular formula is C17H20N4O2. The lowest BCUT2D eigenvalue weighted by atomic mass is 10.0. The van der Waals surface area contributed by atoms with Gasteiger partial charge in [-0.05, 0) is 32.1 Å². The zero-order valence-electron chi connectivity index (χ0n) is 13.3. The van der Waals surface area contributed by atoms with Crippen LogP contribution in [0, 0.1) is 0 Å². The van der Waals surface area contributed by atoms with Crippen LogP contribution in [0.4, 0.5) is 0 Å². The largest absolute Gasteiger partial charge is 0.371 e. The Labute approximate surface area is 135 Å². The van der Waals surface area contributed by atoms with Gasteiger partial charge in [0.25, 0.3) is 0 Å². The monoisotopic (exact) mass is 312 g/mol. The second kappa shape index (κ2) is 7.30. The van der Waals surface area contributed by atoms with Gasteiger partial charge in [-0.3, -0.25) is 4.98 Å². The fourth-order valence-electron chi connectivity index (χ4n) is 2.50. The van der Waals surface area contributed by atoms with Crippen molar-refractivity contribution in [3.63, 3.8) is 0 Å². The summed E-state index contributed by atoms with van der Waals surface area (Å²) in [4.78, 5) is 7.25. The maximum atomic E-state index is 5.77. The molecule has 1 N–H and O–H groups in total. The van der Waals surface area contributed by atoms with E-state index in [1.807, 2.05) is 44.2 Å². The molecule has 2 heterocycles. The standard InChI is InChI=1S/C17H20N4O2/c1-3-22-14-6-5-13(11-15(14)23-4-2)17-19-16(20-21-17)12-7-9-18-10-8-12/h5-11,14-15H,3-4H2,1-2H3,(H,19,20,21). The highest BCUT2D eigenvalue weighted by atomic mass is 16.5. The summed E-state index contributed by atoms with van der Waals surface area (Å²) < 4.78 is 11.5. The van der Waals surface area contributed by atoms with Crippen molar-refractivity contribution in [1.29, 1.82) is 0 Å². The van der Waals surface area contributed by atoms with Crippen LogP contribution in [0.3, 0.4) is 0 Å². The van der Waals surface area contributed by atoms with E-state index in [1.54, 1.807) is 12.4 Å². The van der Waals surface area contributed by atoms with Crippen molar-refractivity contribution in [1.82, 2.24) is 20.2 Å². The van der Waals surface area contributed by atoms with Crippen LogP contribution in [-0.4, -0.2) is 45.6 Å². The summed E-state index contributed by atoms with van der Waals surface area (Å²) in [5.41, 5.74) is 1.90. The highest BCUT2D eigenvalue weighted by molar-refractivity contribution is 5.72. The van der Waals surface area contributed by atoms with E-state index in [0.717, 1.165) is 17.0 Å². The highest BCUT2D eigenvalue weighted by Gasteiger charge is 2.23. The molecule has 0 radical (unpaired) electrons. The minimum absolute atomic E-state index is 0.0636. The van der Waals surface area contributed by atoms with Gasteiger partial charge in [0, 0.05) is 36.7 Å². The van der Waals surface area contributed by atoms with Gasteiger partial charge in [0.2, 0.25) is 0 Å². The SMILES string of the molecule is CCOC1C=CC(c2nnc(-c3ccncc3)[nH]2)=CC1OCC. The smallest absolute Gasteiger partial charge is 0.161 e. The van der Waals surface area contributed by atoms with E-state index in [2.05, 4.69) is 20.2 Å². The molecule has 1 aliphatic rings. The summed E-state index contributed by atoms with van der Waals surface area (Å²) in [6, 6.07) is 3.78. The fourth-order valence-corrected chi connectivity index (χ4v) is 2.50. The Hall–Kier alpha value is -2.31. The number of H-pyrrole nitrogens is 1. The van der Waals surface area contributed by atoms with Crippen LogP contribution in [0.5, 0.6) is 0 Å². The van der Waals surface area contributed by atoms with E-state index in [9.17, 15) is 0 Å². The number of hydrogen-bond donors (Lipinski definition) is 1. The molecule has 120 valence electrons. The molecule has 1 aliphatic carbocycles. The van der Waals surface area contributed by atoms with E-state index in [1.165, 1.54) is 0 Å². The van der Waals surface area contributed by atoms with Gasteiger partial charge in [0.15, 0.2) is 11.6 Å². The van der Waals surface area contributed by atoms with E-state index < -0.39 is 0 Å². The Balaban J connectivity index is 1.83. The van der Waals surface area contributed by atoms with Crippen molar-refractivity contribution < 1.29 is 9.47 Å². The molecule has 2 unspecified atom stereocenters. The lowest BCUT2D eigenvalue weighted by Crippen LogP contribution is -2.30. The number of aromatic amines is 1. The summed E-state index contributed by atoms with van der Waals surface area (Å²) in [7, 11) is 0. The van der Waals surface area contributed by atoms with Crippen LogP contribution in [0.1, 0.15) is 19.7 Å². The maximum absolute atomic E-state index is 5.77. The molecule has 3 rings (SSSR count). The summed E-state index contributed by atoms with van der Waals surface area (Å²) in [5, 5.41) is 8.45. The van der Waals surface area contributed by atoms with Gasteiger partial charge >= 0.3 is 0 Å². The molecule has 0 saturated carbocycles. The van der Waals surface area contributed by atoms with Crippen molar-refractivity contribution >= 4 is 5.57 Å². The molecule has 23 heavy (non-hydrogen) atoms. The molecule has 0 aromatic carbocycles. The predicted octanol–water partition coefficient (Wildman–Crippen LogP) is 2.63. The normalized spacial score (nSPS) is 20.5. The molecule has 2 atom stereocenters. The fraction of sp³-hybridized carbons (Fsp3) is 0.353. The van der Waals surface area contributed by atoms with E-state index in [-0.39, 0.29) is 12.2 Å². The second-order valence-corrected chi connectivity index (χ2v) is 5.08. The molecule has 0 spiro atoms. The predicted molar refractivity (Wildman–Crippen MR) is 87.6 cm³/mol.